The zero-order valence-electron chi connectivity index (χ0n) is 10.7. The number of carbonyl (C=O) groups excluding carboxylic acids is 2. The molecule has 0 saturated carbocycles. The molecule has 0 aromatic heterocycles. The van der Waals surface area contributed by atoms with E-state index in [9.17, 15) is 9.59 Å². The summed E-state index contributed by atoms with van der Waals surface area (Å²) in [4.78, 5) is 23.6. The van der Waals surface area contributed by atoms with Crippen molar-refractivity contribution in [2.75, 3.05) is 26.7 Å². The molecule has 17 heavy (non-hydrogen) atoms. The highest BCUT2D eigenvalue weighted by Crippen LogP contribution is 1.87. The van der Waals surface area contributed by atoms with E-state index in [1.807, 2.05) is 11.9 Å². The summed E-state index contributed by atoms with van der Waals surface area (Å²) in [5, 5.41) is 2.73. The average molecular weight is 240 g/mol. The van der Waals surface area contributed by atoms with Crippen LogP contribution in [-0.2, 0) is 14.3 Å². The maximum absolute atomic E-state index is 11.2. The van der Waals surface area contributed by atoms with Crippen LogP contribution in [0.1, 0.15) is 13.8 Å². The molecule has 0 unspecified atom stereocenters. The molecule has 0 atom stereocenters. The van der Waals surface area contributed by atoms with E-state index < -0.39 is 0 Å². The van der Waals surface area contributed by atoms with E-state index in [1.165, 1.54) is 13.2 Å². The zero-order valence-corrected chi connectivity index (χ0v) is 10.7. The van der Waals surface area contributed by atoms with Crippen molar-refractivity contribution in [3.63, 3.8) is 0 Å². The van der Waals surface area contributed by atoms with Gasteiger partial charge in [-0.2, -0.15) is 0 Å². The Bertz CT molecular complexity index is 311. The fourth-order valence-electron chi connectivity index (χ4n) is 0.969. The minimum absolute atomic E-state index is 0.131. The number of nitrogens with one attached hydrogen (secondary N) is 1. The molecule has 1 N–H and O–H groups in total. The van der Waals surface area contributed by atoms with Crippen LogP contribution in [-0.4, -0.2) is 43.5 Å². The topological polar surface area (TPSA) is 58.6 Å². The summed E-state index contributed by atoms with van der Waals surface area (Å²) in [6.07, 6.45) is 3.10. The molecule has 0 bridgehead atoms. The first kappa shape index (κ1) is 15.4. The number of amides is 1. The van der Waals surface area contributed by atoms with Crippen molar-refractivity contribution in [3.05, 3.63) is 24.5 Å². The van der Waals surface area contributed by atoms with Crippen LogP contribution >= 0.6 is 0 Å². The lowest BCUT2D eigenvalue weighted by molar-refractivity contribution is -0.135. The van der Waals surface area contributed by atoms with Crippen LogP contribution in [0.25, 0.3) is 0 Å². The normalized spacial score (nSPS) is 10.6. The second-order valence-corrected chi connectivity index (χ2v) is 3.78. The lowest BCUT2D eigenvalue weighted by Gasteiger charge is -2.14. The second-order valence-electron chi connectivity index (χ2n) is 3.78. The van der Waals surface area contributed by atoms with Gasteiger partial charge in [-0.15, -0.1) is 0 Å². The van der Waals surface area contributed by atoms with Gasteiger partial charge >= 0.3 is 5.97 Å². The Labute approximate surface area is 102 Å². The van der Waals surface area contributed by atoms with E-state index in [-0.39, 0.29) is 11.9 Å². The Balaban J connectivity index is 3.63. The Morgan fingerprint density at radius 3 is 2.59 bits per heavy atom. The third-order valence-electron chi connectivity index (χ3n) is 1.91. The molecule has 0 fully saturated rings. The third-order valence-corrected chi connectivity index (χ3v) is 1.91. The van der Waals surface area contributed by atoms with Crippen molar-refractivity contribution in [2.24, 2.45) is 0 Å². The Morgan fingerprint density at radius 1 is 1.41 bits per heavy atom. The number of nitrogens with zero attached hydrogens (tertiary/aromatic N) is 1. The zero-order chi connectivity index (χ0) is 13.3. The fourth-order valence-corrected chi connectivity index (χ4v) is 0.969. The molecule has 0 aromatic carbocycles. The van der Waals surface area contributed by atoms with Crippen molar-refractivity contribution < 1.29 is 14.3 Å². The first-order valence-electron chi connectivity index (χ1n) is 5.38. The van der Waals surface area contributed by atoms with E-state index in [2.05, 4.69) is 16.6 Å². The van der Waals surface area contributed by atoms with Gasteiger partial charge in [0.2, 0.25) is 5.91 Å². The van der Waals surface area contributed by atoms with Crippen LogP contribution in [0.2, 0.25) is 0 Å². The number of rotatable bonds is 7. The summed E-state index contributed by atoms with van der Waals surface area (Å²) >= 11 is 0. The van der Waals surface area contributed by atoms with Gasteiger partial charge in [-0.25, -0.2) is 0 Å². The van der Waals surface area contributed by atoms with Crippen molar-refractivity contribution in [1.29, 1.82) is 0 Å². The molecule has 5 heteroatoms. The van der Waals surface area contributed by atoms with Crippen LogP contribution in [0, 0.1) is 0 Å². The van der Waals surface area contributed by atoms with Gasteiger partial charge in [0.25, 0.3) is 0 Å². The Morgan fingerprint density at radius 2 is 2.06 bits per heavy atom. The molecular weight excluding hydrogens is 220 g/mol. The maximum atomic E-state index is 11.2. The summed E-state index contributed by atoms with van der Waals surface area (Å²) in [5.41, 5.74) is 0.502. The van der Waals surface area contributed by atoms with Crippen molar-refractivity contribution in [1.82, 2.24) is 10.2 Å². The first-order valence-corrected chi connectivity index (χ1v) is 5.38. The van der Waals surface area contributed by atoms with Gasteiger partial charge in [0.15, 0.2) is 0 Å². The fraction of sp³-hybridized carbons (Fsp3) is 0.500. The highest BCUT2D eigenvalue weighted by molar-refractivity contribution is 5.92. The molecule has 0 aliphatic carbocycles. The largest absolute Gasteiger partial charge is 0.435 e. The van der Waals surface area contributed by atoms with E-state index in [0.29, 0.717) is 25.2 Å². The SMILES string of the molecule is C=C(C)C(=O)NCCN(C)C/C=C/OC(C)=O. The van der Waals surface area contributed by atoms with Gasteiger partial charge in [0.05, 0.1) is 6.26 Å². The van der Waals surface area contributed by atoms with Crippen molar-refractivity contribution >= 4 is 11.9 Å². The lowest BCUT2D eigenvalue weighted by Crippen LogP contribution is -2.33. The van der Waals surface area contributed by atoms with E-state index >= 15 is 0 Å². The van der Waals surface area contributed by atoms with E-state index in [1.54, 1.807) is 13.0 Å². The minimum Gasteiger partial charge on any atom is -0.435 e. The van der Waals surface area contributed by atoms with Crippen molar-refractivity contribution in [3.8, 4) is 0 Å². The molecule has 0 spiro atoms. The van der Waals surface area contributed by atoms with Crippen LogP contribution in [0.5, 0.6) is 0 Å². The van der Waals surface area contributed by atoms with Gasteiger partial charge in [0, 0.05) is 32.1 Å². The summed E-state index contributed by atoms with van der Waals surface area (Å²) in [6.45, 7) is 8.48. The molecule has 0 rings (SSSR count). The monoisotopic (exact) mass is 240 g/mol. The summed E-state index contributed by atoms with van der Waals surface area (Å²) in [6, 6.07) is 0. The molecule has 1 amide bonds. The van der Waals surface area contributed by atoms with Gasteiger partial charge in [-0.1, -0.05) is 6.58 Å². The number of carbonyl (C=O) groups is 2. The highest BCUT2D eigenvalue weighted by Gasteiger charge is 2.01. The summed E-state index contributed by atoms with van der Waals surface area (Å²) in [5.74, 6) is -0.466. The van der Waals surface area contributed by atoms with Gasteiger partial charge in [-0.3, -0.25) is 9.59 Å². The van der Waals surface area contributed by atoms with Crippen LogP contribution < -0.4 is 5.32 Å². The maximum Gasteiger partial charge on any atom is 0.307 e. The van der Waals surface area contributed by atoms with Gasteiger partial charge < -0.3 is 15.0 Å². The number of hydrogen-bond donors (Lipinski definition) is 1. The predicted octanol–water partition coefficient (Wildman–Crippen LogP) is 0.687. The lowest BCUT2D eigenvalue weighted by atomic mass is 10.3. The van der Waals surface area contributed by atoms with Crippen LogP contribution in [0.15, 0.2) is 24.5 Å². The first-order chi connectivity index (χ1) is 7.93. The molecule has 0 aromatic rings. The number of esters is 1. The van der Waals surface area contributed by atoms with Crippen LogP contribution in [0.3, 0.4) is 0 Å². The Hall–Kier alpha value is -1.62. The number of likely N-dealkylation sites (N-methyl/N-ethyl adjacent to an activating group) is 1. The smallest absolute Gasteiger partial charge is 0.307 e. The van der Waals surface area contributed by atoms with Crippen molar-refractivity contribution in [2.45, 2.75) is 13.8 Å². The van der Waals surface area contributed by atoms with E-state index in [0.717, 1.165) is 0 Å². The standard InChI is InChI=1S/C12H20N2O3/c1-10(2)12(16)13-6-8-14(4)7-5-9-17-11(3)15/h5,9H,1,6-8H2,2-4H3,(H,13,16)/b9-5+. The van der Waals surface area contributed by atoms with Gasteiger partial charge in [-0.05, 0) is 20.0 Å². The number of hydrogen-bond acceptors (Lipinski definition) is 4. The van der Waals surface area contributed by atoms with Gasteiger partial charge in [0.1, 0.15) is 0 Å². The molecule has 0 radical (unpaired) electrons. The molecular formula is C12H20N2O3. The average Bonchev–Trinajstić information content (AvgIpc) is 2.23. The summed E-state index contributed by atoms with van der Waals surface area (Å²) < 4.78 is 4.64. The molecule has 0 aliphatic rings. The van der Waals surface area contributed by atoms with E-state index in [4.69, 9.17) is 0 Å². The third kappa shape index (κ3) is 9.32. The molecule has 0 aliphatic heterocycles. The highest BCUT2D eigenvalue weighted by atomic mass is 16.5. The number of ether oxygens (including phenoxy) is 1. The molecule has 0 heterocycles. The Kier molecular flexibility index (Phi) is 7.71. The molecule has 5 nitrogen and oxygen atoms in total. The molecule has 96 valence electrons. The summed E-state index contributed by atoms with van der Waals surface area (Å²) in [7, 11) is 1.91. The van der Waals surface area contributed by atoms with Crippen LogP contribution in [0.4, 0.5) is 0 Å². The predicted molar refractivity (Wildman–Crippen MR) is 66.2 cm³/mol. The quantitative estimate of drug-likeness (QED) is 0.404. The molecule has 0 saturated heterocycles. The second kappa shape index (κ2) is 8.52. The minimum atomic E-state index is -0.336.